The molecular formula is C11H13F3N2O2. The summed E-state index contributed by atoms with van der Waals surface area (Å²) in [6.45, 7) is 5.04. The Morgan fingerprint density at radius 3 is 2.39 bits per heavy atom. The third kappa shape index (κ3) is 4.60. The molecule has 0 fully saturated rings. The lowest BCUT2D eigenvalue weighted by Crippen LogP contribution is -2.28. The topological polar surface area (TPSA) is 51.2 Å². The first-order chi connectivity index (χ1) is 8.08. The predicted molar refractivity (Wildman–Crippen MR) is 59.0 cm³/mol. The third-order valence-corrected chi connectivity index (χ3v) is 1.87. The molecule has 1 heterocycles. The summed E-state index contributed by atoms with van der Waals surface area (Å²) in [6.07, 6.45) is -4.81. The average Bonchev–Trinajstić information content (AvgIpc) is 2.13. The van der Waals surface area contributed by atoms with Crippen molar-refractivity contribution in [1.82, 2.24) is 4.98 Å². The second kappa shape index (κ2) is 4.83. The molecule has 7 heteroatoms. The van der Waals surface area contributed by atoms with Crippen LogP contribution < -0.4 is 10.1 Å². The fraction of sp³-hybridized carbons (Fsp3) is 0.455. The maximum atomic E-state index is 12.0. The third-order valence-electron chi connectivity index (χ3n) is 1.87. The number of rotatable bonds is 2. The summed E-state index contributed by atoms with van der Waals surface area (Å²) in [4.78, 5) is 15.2. The maximum Gasteiger partial charge on any atom is 0.574 e. The first-order valence-electron chi connectivity index (χ1n) is 5.12. The van der Waals surface area contributed by atoms with Gasteiger partial charge in [-0.1, -0.05) is 26.8 Å². The number of carbonyl (C=O) groups excluding carboxylic acids is 1. The number of amides is 1. The van der Waals surface area contributed by atoms with E-state index in [4.69, 9.17) is 0 Å². The zero-order valence-corrected chi connectivity index (χ0v) is 10.1. The highest BCUT2D eigenvalue weighted by molar-refractivity contribution is 5.93. The molecule has 0 aliphatic carbocycles. The number of anilines is 1. The van der Waals surface area contributed by atoms with Gasteiger partial charge in [0, 0.05) is 11.5 Å². The number of nitrogens with zero attached hydrogens (tertiary/aromatic N) is 1. The van der Waals surface area contributed by atoms with Crippen molar-refractivity contribution in [3.8, 4) is 5.88 Å². The molecule has 0 atom stereocenters. The van der Waals surface area contributed by atoms with Crippen molar-refractivity contribution >= 4 is 11.7 Å². The zero-order chi connectivity index (χ0) is 14.0. The predicted octanol–water partition coefficient (Wildman–Crippen LogP) is 2.96. The molecule has 1 N–H and O–H groups in total. The average molecular weight is 262 g/mol. The van der Waals surface area contributed by atoms with E-state index in [9.17, 15) is 18.0 Å². The summed E-state index contributed by atoms with van der Waals surface area (Å²) in [6, 6.07) is 3.75. The smallest absolute Gasteiger partial charge is 0.388 e. The molecule has 0 aromatic carbocycles. The second-order valence-electron chi connectivity index (χ2n) is 4.61. The molecule has 0 radical (unpaired) electrons. The number of ether oxygens (including phenoxy) is 1. The van der Waals surface area contributed by atoms with Gasteiger partial charge in [0.25, 0.3) is 0 Å². The van der Waals surface area contributed by atoms with Gasteiger partial charge in [-0.3, -0.25) is 4.79 Å². The van der Waals surface area contributed by atoms with Gasteiger partial charge in [-0.2, -0.15) is 4.98 Å². The lowest BCUT2D eigenvalue weighted by molar-refractivity contribution is -0.276. The highest BCUT2D eigenvalue weighted by Crippen LogP contribution is 2.22. The summed E-state index contributed by atoms with van der Waals surface area (Å²) in [5.41, 5.74) is -0.664. The summed E-state index contributed by atoms with van der Waals surface area (Å²) in [5.74, 6) is -0.954. The van der Waals surface area contributed by atoms with Crippen LogP contribution in [0, 0.1) is 5.41 Å². The van der Waals surface area contributed by atoms with Gasteiger partial charge in [0.1, 0.15) is 5.82 Å². The molecule has 1 aromatic rings. The van der Waals surface area contributed by atoms with Crippen molar-refractivity contribution in [1.29, 1.82) is 0 Å². The first kappa shape index (κ1) is 14.3. The lowest BCUT2D eigenvalue weighted by atomic mass is 9.96. The Labute approximate surface area is 102 Å². The van der Waals surface area contributed by atoms with Crippen LogP contribution in [0.5, 0.6) is 5.88 Å². The van der Waals surface area contributed by atoms with E-state index >= 15 is 0 Å². The number of nitrogens with one attached hydrogen (secondary N) is 1. The highest BCUT2D eigenvalue weighted by atomic mass is 19.4. The van der Waals surface area contributed by atoms with E-state index in [1.165, 1.54) is 12.1 Å². The van der Waals surface area contributed by atoms with Crippen molar-refractivity contribution in [2.75, 3.05) is 5.32 Å². The molecule has 0 saturated carbocycles. The Morgan fingerprint density at radius 2 is 1.89 bits per heavy atom. The Morgan fingerprint density at radius 1 is 1.28 bits per heavy atom. The maximum absolute atomic E-state index is 12.0. The number of halogens is 3. The zero-order valence-electron chi connectivity index (χ0n) is 10.1. The van der Waals surface area contributed by atoms with Gasteiger partial charge >= 0.3 is 6.36 Å². The van der Waals surface area contributed by atoms with Crippen LogP contribution in [0.2, 0.25) is 0 Å². The summed E-state index contributed by atoms with van der Waals surface area (Å²) >= 11 is 0. The number of hydrogen-bond donors (Lipinski definition) is 1. The number of carbonyl (C=O) groups is 1. The molecule has 0 bridgehead atoms. The van der Waals surface area contributed by atoms with E-state index in [1.54, 1.807) is 20.8 Å². The van der Waals surface area contributed by atoms with E-state index in [2.05, 4.69) is 15.0 Å². The van der Waals surface area contributed by atoms with Gasteiger partial charge < -0.3 is 10.1 Å². The Bertz CT molecular complexity index is 439. The number of aromatic nitrogens is 1. The van der Waals surface area contributed by atoms with Crippen molar-refractivity contribution < 1.29 is 22.7 Å². The molecule has 1 aromatic heterocycles. The fourth-order valence-electron chi connectivity index (χ4n) is 0.964. The fourth-order valence-corrected chi connectivity index (χ4v) is 0.964. The van der Waals surface area contributed by atoms with Gasteiger partial charge in [-0.25, -0.2) is 0 Å². The van der Waals surface area contributed by atoms with Crippen LogP contribution >= 0.6 is 0 Å². The molecule has 0 saturated heterocycles. The van der Waals surface area contributed by atoms with Crippen LogP contribution in [0.1, 0.15) is 20.8 Å². The number of hydrogen-bond acceptors (Lipinski definition) is 3. The van der Waals surface area contributed by atoms with Crippen LogP contribution in [-0.2, 0) is 4.79 Å². The molecule has 0 aliphatic heterocycles. The monoisotopic (exact) mass is 262 g/mol. The van der Waals surface area contributed by atoms with Crippen LogP contribution in [0.15, 0.2) is 18.2 Å². The number of alkyl halides is 3. The molecular weight excluding hydrogens is 249 g/mol. The normalized spacial score (nSPS) is 12.1. The molecule has 100 valence electrons. The van der Waals surface area contributed by atoms with Crippen molar-refractivity contribution in [2.24, 2.45) is 5.41 Å². The number of pyridine rings is 1. The minimum absolute atomic E-state index is 0.0108. The molecule has 1 rings (SSSR count). The highest BCUT2D eigenvalue weighted by Gasteiger charge is 2.32. The van der Waals surface area contributed by atoms with Crippen molar-refractivity contribution in [3.05, 3.63) is 18.2 Å². The van der Waals surface area contributed by atoms with E-state index in [1.807, 2.05) is 0 Å². The van der Waals surface area contributed by atoms with Crippen LogP contribution in [-0.4, -0.2) is 17.3 Å². The van der Waals surface area contributed by atoms with E-state index in [0.717, 1.165) is 6.07 Å². The van der Waals surface area contributed by atoms with Crippen molar-refractivity contribution in [2.45, 2.75) is 27.1 Å². The minimum atomic E-state index is -4.81. The molecule has 18 heavy (non-hydrogen) atoms. The van der Waals surface area contributed by atoms with Crippen LogP contribution in [0.25, 0.3) is 0 Å². The largest absolute Gasteiger partial charge is 0.574 e. The van der Waals surface area contributed by atoms with Gasteiger partial charge in [-0.15, -0.1) is 13.2 Å². The van der Waals surface area contributed by atoms with E-state index in [0.29, 0.717) is 0 Å². The Hall–Kier alpha value is -1.79. The molecule has 1 amide bonds. The SMILES string of the molecule is CC(C)(C)C(=O)Nc1cccc(OC(F)(F)F)n1. The Kier molecular flexibility index (Phi) is 3.83. The van der Waals surface area contributed by atoms with E-state index < -0.39 is 17.7 Å². The van der Waals surface area contributed by atoms with Gasteiger partial charge in [0.2, 0.25) is 11.8 Å². The van der Waals surface area contributed by atoms with Crippen LogP contribution in [0.3, 0.4) is 0 Å². The standard InChI is InChI=1S/C11H13F3N2O2/c1-10(2,3)9(17)16-7-5-4-6-8(15-7)18-11(12,13)14/h4-6H,1-3H3,(H,15,16,17). The molecule has 0 unspecified atom stereocenters. The molecule has 0 aliphatic rings. The summed E-state index contributed by atoms with van der Waals surface area (Å²) < 4.78 is 39.6. The van der Waals surface area contributed by atoms with E-state index in [-0.39, 0.29) is 11.7 Å². The molecule has 4 nitrogen and oxygen atoms in total. The first-order valence-corrected chi connectivity index (χ1v) is 5.12. The Balaban J connectivity index is 2.80. The summed E-state index contributed by atoms with van der Waals surface area (Å²) in [5, 5.41) is 2.41. The quantitative estimate of drug-likeness (QED) is 0.891. The minimum Gasteiger partial charge on any atom is -0.388 e. The second-order valence-corrected chi connectivity index (χ2v) is 4.61. The lowest BCUT2D eigenvalue weighted by Gasteiger charge is -2.17. The van der Waals surface area contributed by atoms with Gasteiger partial charge in [0.05, 0.1) is 0 Å². The van der Waals surface area contributed by atoms with Gasteiger partial charge in [0.15, 0.2) is 0 Å². The molecule has 0 spiro atoms. The van der Waals surface area contributed by atoms with Crippen molar-refractivity contribution in [3.63, 3.8) is 0 Å². The summed E-state index contributed by atoms with van der Waals surface area (Å²) in [7, 11) is 0. The van der Waals surface area contributed by atoms with Gasteiger partial charge in [-0.05, 0) is 6.07 Å². The van der Waals surface area contributed by atoms with Crippen LogP contribution in [0.4, 0.5) is 19.0 Å².